The van der Waals surface area contributed by atoms with Crippen LogP contribution in [0.2, 0.25) is 0 Å². The van der Waals surface area contributed by atoms with Crippen molar-refractivity contribution in [1.29, 1.82) is 0 Å². The number of rotatable bonds is 6. The Labute approximate surface area is 277 Å². The smallest absolute Gasteiger partial charge is 0.240 e. The number of hydrogen-bond acceptors (Lipinski definition) is 10. The number of nitrogens with zero attached hydrogens (tertiary/aromatic N) is 3. The summed E-state index contributed by atoms with van der Waals surface area (Å²) in [6.07, 6.45) is 3.15. The molecular formula is C33H45F2N5O6S. The molecule has 3 saturated heterocycles. The van der Waals surface area contributed by atoms with Crippen LogP contribution in [0.3, 0.4) is 0 Å². The molecule has 5 heterocycles. The zero-order valence-corrected chi connectivity index (χ0v) is 27.6. The van der Waals surface area contributed by atoms with Crippen molar-refractivity contribution in [2.24, 2.45) is 23.7 Å². The summed E-state index contributed by atoms with van der Waals surface area (Å²) in [7, 11) is 0. The maximum Gasteiger partial charge on any atom is 0.240 e. The number of aliphatic hydroxyl groups excluding tert-OH is 3. The molecule has 0 spiro atoms. The molecule has 4 aliphatic heterocycles. The normalized spacial score (nSPS) is 38.4. The highest BCUT2D eigenvalue weighted by Gasteiger charge is 2.50. The molecule has 14 heteroatoms. The fourth-order valence-corrected chi connectivity index (χ4v) is 8.78. The molecule has 4 aliphatic rings. The number of allylic oxidation sites excluding steroid dienone is 1. The number of nitrogens with one attached hydrogen (secondary N) is 2. The third-order valence-electron chi connectivity index (χ3n) is 9.87. The van der Waals surface area contributed by atoms with E-state index in [4.69, 9.17) is 9.47 Å². The molecule has 12 atom stereocenters. The van der Waals surface area contributed by atoms with Gasteiger partial charge in [-0.1, -0.05) is 38.1 Å². The Balaban J connectivity index is 1.20. The highest BCUT2D eigenvalue weighted by molar-refractivity contribution is 8.00. The molecule has 0 aliphatic carbocycles. The summed E-state index contributed by atoms with van der Waals surface area (Å²) in [5, 5.41) is 47.4. The van der Waals surface area contributed by atoms with Crippen molar-refractivity contribution < 1.29 is 38.4 Å². The van der Waals surface area contributed by atoms with E-state index < -0.39 is 58.8 Å². The van der Waals surface area contributed by atoms with Crippen LogP contribution in [0.5, 0.6) is 0 Å². The number of fused-ring (bicyclic) bond motifs is 3. The number of carbonyl (C=O) groups is 1. The van der Waals surface area contributed by atoms with Crippen molar-refractivity contribution in [2.45, 2.75) is 99.7 Å². The predicted molar refractivity (Wildman–Crippen MR) is 170 cm³/mol. The zero-order chi connectivity index (χ0) is 33.4. The molecule has 2 bridgehead atoms. The number of aliphatic hydroxyl groups is 3. The van der Waals surface area contributed by atoms with Gasteiger partial charge in [-0.05, 0) is 61.5 Å². The van der Waals surface area contributed by atoms with E-state index in [0.717, 1.165) is 31.4 Å². The summed E-state index contributed by atoms with van der Waals surface area (Å²) in [6.45, 7) is 7.64. The van der Waals surface area contributed by atoms with Gasteiger partial charge in [0.25, 0.3) is 0 Å². The second-order valence-electron chi connectivity index (χ2n) is 13.8. The van der Waals surface area contributed by atoms with Crippen LogP contribution in [0, 0.1) is 35.3 Å². The second kappa shape index (κ2) is 14.6. The van der Waals surface area contributed by atoms with E-state index >= 15 is 0 Å². The Kier molecular flexibility index (Phi) is 10.7. The van der Waals surface area contributed by atoms with E-state index in [-0.39, 0.29) is 29.5 Å². The monoisotopic (exact) mass is 677 g/mol. The summed E-state index contributed by atoms with van der Waals surface area (Å²) in [6, 6.07) is 1.87. The van der Waals surface area contributed by atoms with Gasteiger partial charge in [0.1, 0.15) is 47.4 Å². The first-order valence-corrected chi connectivity index (χ1v) is 17.5. The van der Waals surface area contributed by atoms with Gasteiger partial charge in [0.2, 0.25) is 5.91 Å². The summed E-state index contributed by atoms with van der Waals surface area (Å²) < 4.78 is 41.7. The molecule has 0 radical (unpaired) electrons. The summed E-state index contributed by atoms with van der Waals surface area (Å²) >= 11 is 1.19. The predicted octanol–water partition coefficient (Wildman–Crippen LogP) is 2.64. The van der Waals surface area contributed by atoms with E-state index in [2.05, 4.69) is 34.8 Å². The molecule has 5 unspecified atom stereocenters. The minimum atomic E-state index is -1.54. The number of ether oxygens (including phenoxy) is 2. The van der Waals surface area contributed by atoms with Gasteiger partial charge in [0.05, 0.1) is 29.3 Å². The molecule has 1 aromatic heterocycles. The number of carbonyl (C=O) groups excluding carboxylic acids is 1. The van der Waals surface area contributed by atoms with Crippen molar-refractivity contribution in [3.8, 4) is 5.69 Å². The Morgan fingerprint density at radius 3 is 2.77 bits per heavy atom. The molecule has 258 valence electrons. The maximum absolute atomic E-state index is 14.4. The standard InChI is InChI=1S/C33H45F2N5O6S/c1-16(2)11-18-9-10-45-30-19(12-18)14-36-26(30)32(44)37-25-17(3)5-4-6-24(47-33-29(43)27(41)28(42)31(25)46-33)22-15-40(39-38-22)23-8-7-20(34)13-21(23)35/h4-5,7-8,13,15-19,24-31,33,36,41-43H,6,9-12,14H2,1-3H3,(H,37,44)/b5-4-/t17-,18+,19+,24+,25-,26+,27?,28?,29?,30-,31?,33?/m1/s1. The summed E-state index contributed by atoms with van der Waals surface area (Å²) in [5.74, 6) is -0.719. The van der Waals surface area contributed by atoms with Crippen molar-refractivity contribution in [3.63, 3.8) is 0 Å². The van der Waals surface area contributed by atoms with E-state index in [1.165, 1.54) is 28.7 Å². The third-order valence-corrected chi connectivity index (χ3v) is 11.3. The third kappa shape index (κ3) is 7.43. The molecule has 2 aromatic rings. The number of hydrogen-bond donors (Lipinski definition) is 5. The van der Waals surface area contributed by atoms with E-state index in [1.807, 2.05) is 19.1 Å². The van der Waals surface area contributed by atoms with Crippen LogP contribution in [0.4, 0.5) is 8.78 Å². The van der Waals surface area contributed by atoms with Crippen molar-refractivity contribution >= 4 is 17.7 Å². The number of thioether (sulfide) groups is 1. The van der Waals surface area contributed by atoms with Crippen molar-refractivity contribution in [1.82, 2.24) is 25.6 Å². The van der Waals surface area contributed by atoms with Gasteiger partial charge in [0, 0.05) is 19.2 Å². The Morgan fingerprint density at radius 2 is 2.00 bits per heavy atom. The fraction of sp³-hybridized carbons (Fsp3) is 0.667. The van der Waals surface area contributed by atoms with Crippen molar-refractivity contribution in [3.05, 3.63) is 53.9 Å². The first-order valence-electron chi connectivity index (χ1n) is 16.5. The second-order valence-corrected chi connectivity index (χ2v) is 15.1. The van der Waals surface area contributed by atoms with Crippen LogP contribution in [0.15, 0.2) is 36.5 Å². The average Bonchev–Trinajstić information content (AvgIpc) is 3.62. The van der Waals surface area contributed by atoms with Crippen LogP contribution in [0.1, 0.15) is 57.4 Å². The highest BCUT2D eigenvalue weighted by Crippen LogP contribution is 2.42. The molecule has 1 aromatic carbocycles. The van der Waals surface area contributed by atoms with Crippen LogP contribution in [-0.4, -0.2) is 97.4 Å². The Morgan fingerprint density at radius 1 is 1.19 bits per heavy atom. The number of halogens is 2. The average molecular weight is 678 g/mol. The van der Waals surface area contributed by atoms with Crippen LogP contribution in [-0.2, 0) is 14.3 Å². The molecule has 3 fully saturated rings. The van der Waals surface area contributed by atoms with Gasteiger partial charge >= 0.3 is 0 Å². The summed E-state index contributed by atoms with van der Waals surface area (Å²) in [5.41, 5.74) is -0.514. The molecule has 6 rings (SSSR count). The fourth-order valence-electron chi connectivity index (χ4n) is 7.48. The first kappa shape index (κ1) is 34.4. The minimum Gasteiger partial charge on any atom is -0.388 e. The maximum atomic E-state index is 14.4. The SMILES string of the molecule is CC(C)C[C@@H]1CCO[C@@H]2[C@H](CN[C@@H]2C(=O)N[C@H]2C3OC(S[C@H](c4cn(-c5ccc(F)cc5F)nn4)C/C=C\[C@H]2C)C(O)C(O)C3O)C1. The van der Waals surface area contributed by atoms with Crippen LogP contribution in [0.25, 0.3) is 5.69 Å². The van der Waals surface area contributed by atoms with Gasteiger partial charge < -0.3 is 35.4 Å². The van der Waals surface area contributed by atoms with Gasteiger partial charge in [-0.15, -0.1) is 16.9 Å². The quantitative estimate of drug-likeness (QED) is 0.289. The Hall–Kier alpha value is -2.46. The largest absolute Gasteiger partial charge is 0.388 e. The lowest BCUT2D eigenvalue weighted by Gasteiger charge is -2.45. The number of aromatic nitrogens is 3. The van der Waals surface area contributed by atoms with Gasteiger partial charge in [-0.25, -0.2) is 13.5 Å². The van der Waals surface area contributed by atoms with Gasteiger partial charge in [-0.3, -0.25) is 4.79 Å². The lowest BCUT2D eigenvalue weighted by molar-refractivity contribution is -0.207. The number of benzene rings is 1. The first-order chi connectivity index (χ1) is 22.5. The van der Waals surface area contributed by atoms with Gasteiger partial charge in [0.15, 0.2) is 5.82 Å². The van der Waals surface area contributed by atoms with E-state index in [0.29, 0.717) is 37.1 Å². The highest BCUT2D eigenvalue weighted by atomic mass is 32.2. The molecule has 47 heavy (non-hydrogen) atoms. The Bertz CT molecular complexity index is 1430. The minimum absolute atomic E-state index is 0.0259. The topological polar surface area (TPSA) is 151 Å². The molecule has 1 amide bonds. The molecule has 11 nitrogen and oxygen atoms in total. The molecule has 5 N–H and O–H groups in total. The lowest BCUT2D eigenvalue weighted by Crippen LogP contribution is -2.65. The molecule has 0 saturated carbocycles. The van der Waals surface area contributed by atoms with E-state index in [9.17, 15) is 28.9 Å². The van der Waals surface area contributed by atoms with Crippen molar-refractivity contribution in [2.75, 3.05) is 13.2 Å². The lowest BCUT2D eigenvalue weighted by atomic mass is 9.85. The molecular weight excluding hydrogens is 632 g/mol. The van der Waals surface area contributed by atoms with Crippen LogP contribution >= 0.6 is 11.8 Å². The van der Waals surface area contributed by atoms with Gasteiger partial charge in [-0.2, -0.15) is 0 Å². The number of amides is 1. The van der Waals surface area contributed by atoms with E-state index in [1.54, 1.807) is 0 Å². The summed E-state index contributed by atoms with van der Waals surface area (Å²) in [4.78, 5) is 13.9. The zero-order valence-electron chi connectivity index (χ0n) is 26.8. The van der Waals surface area contributed by atoms with Crippen LogP contribution < -0.4 is 10.6 Å².